The monoisotopic (exact) mass is 212 g/mol. The summed E-state index contributed by atoms with van der Waals surface area (Å²) in [6.07, 6.45) is 6.69. The molecule has 2 N–H and O–H groups in total. The first-order valence-corrected chi connectivity index (χ1v) is 5.98. The van der Waals surface area contributed by atoms with Gasteiger partial charge in [-0.05, 0) is 19.4 Å². The van der Waals surface area contributed by atoms with Crippen LogP contribution in [0.15, 0.2) is 6.20 Å². The Kier molecular flexibility index (Phi) is 3.50. The highest BCUT2D eigenvalue weighted by atomic mass is 32.1. The van der Waals surface area contributed by atoms with E-state index in [4.69, 9.17) is 5.11 Å². The molecule has 78 valence electrons. The van der Waals surface area contributed by atoms with E-state index in [1.807, 2.05) is 0 Å². The molecule has 4 heteroatoms. The molecular formula is C10H16N2OS. The molecule has 14 heavy (non-hydrogen) atoms. The molecule has 0 spiro atoms. The number of thiazole rings is 1. The van der Waals surface area contributed by atoms with Crippen molar-refractivity contribution in [3.05, 3.63) is 16.1 Å². The summed E-state index contributed by atoms with van der Waals surface area (Å²) in [6.45, 7) is 1.26. The van der Waals surface area contributed by atoms with Crippen molar-refractivity contribution in [2.24, 2.45) is 0 Å². The number of aliphatic hydroxyl groups excluding tert-OH is 1. The van der Waals surface area contributed by atoms with Crippen molar-refractivity contribution in [3.63, 3.8) is 0 Å². The second-order valence-electron chi connectivity index (χ2n) is 3.73. The van der Waals surface area contributed by atoms with Gasteiger partial charge in [-0.15, -0.1) is 11.3 Å². The van der Waals surface area contributed by atoms with E-state index in [1.54, 1.807) is 17.5 Å². The van der Waals surface area contributed by atoms with Gasteiger partial charge in [0, 0.05) is 18.7 Å². The normalized spacial score (nSPS) is 22.5. The molecule has 0 amide bonds. The number of nitrogens with zero attached hydrogens (tertiary/aromatic N) is 1. The number of piperidine rings is 1. The summed E-state index contributed by atoms with van der Waals surface area (Å²) in [7, 11) is 0. The van der Waals surface area contributed by atoms with Gasteiger partial charge in [0.05, 0.1) is 16.5 Å². The van der Waals surface area contributed by atoms with E-state index in [2.05, 4.69) is 10.3 Å². The maximum atomic E-state index is 8.91. The minimum atomic E-state index is 0.121. The van der Waals surface area contributed by atoms with E-state index >= 15 is 0 Å². The lowest BCUT2D eigenvalue weighted by atomic mass is 10.0. The molecule has 1 atom stereocenters. The zero-order chi connectivity index (χ0) is 9.80. The first-order chi connectivity index (χ1) is 6.88. The summed E-state index contributed by atoms with van der Waals surface area (Å²) in [5, 5.41) is 13.6. The molecule has 0 aromatic carbocycles. The van der Waals surface area contributed by atoms with E-state index in [1.165, 1.54) is 19.3 Å². The first-order valence-electron chi connectivity index (χ1n) is 5.16. The molecule has 1 aromatic rings. The third-order valence-electron chi connectivity index (χ3n) is 2.59. The maximum Gasteiger partial charge on any atom is 0.0944 e. The van der Waals surface area contributed by atoms with E-state index in [0.717, 1.165) is 22.9 Å². The van der Waals surface area contributed by atoms with Crippen LogP contribution < -0.4 is 5.32 Å². The molecule has 1 aromatic heterocycles. The van der Waals surface area contributed by atoms with Gasteiger partial charge in [-0.3, -0.25) is 0 Å². The van der Waals surface area contributed by atoms with Gasteiger partial charge in [0.1, 0.15) is 0 Å². The molecule has 0 aliphatic carbocycles. The minimum absolute atomic E-state index is 0.121. The Bertz CT molecular complexity index is 281. The molecule has 1 aliphatic heterocycles. The molecule has 0 radical (unpaired) electrons. The maximum absolute atomic E-state index is 8.91. The summed E-state index contributed by atoms with van der Waals surface area (Å²) < 4.78 is 0. The average molecular weight is 212 g/mol. The summed E-state index contributed by atoms with van der Waals surface area (Å²) >= 11 is 1.63. The Morgan fingerprint density at radius 1 is 1.57 bits per heavy atom. The van der Waals surface area contributed by atoms with E-state index in [9.17, 15) is 0 Å². The second-order valence-corrected chi connectivity index (χ2v) is 4.93. The van der Waals surface area contributed by atoms with Crippen LogP contribution in [0.4, 0.5) is 0 Å². The Hall–Kier alpha value is -0.450. The number of nitrogens with one attached hydrogen (secondary N) is 1. The molecule has 2 heterocycles. The molecule has 1 unspecified atom stereocenters. The van der Waals surface area contributed by atoms with Crippen LogP contribution >= 0.6 is 11.3 Å². The molecule has 1 saturated heterocycles. The fourth-order valence-electron chi connectivity index (χ4n) is 1.82. The van der Waals surface area contributed by atoms with E-state index < -0.39 is 0 Å². The molecule has 3 nitrogen and oxygen atoms in total. The lowest BCUT2D eigenvalue weighted by molar-refractivity contribution is 0.285. The third kappa shape index (κ3) is 2.53. The van der Waals surface area contributed by atoms with E-state index in [0.29, 0.717) is 6.04 Å². The summed E-state index contributed by atoms with van der Waals surface area (Å²) in [6, 6.07) is 0.599. The highest BCUT2D eigenvalue weighted by molar-refractivity contribution is 7.11. The van der Waals surface area contributed by atoms with Gasteiger partial charge in [-0.2, -0.15) is 0 Å². The third-order valence-corrected chi connectivity index (χ3v) is 3.60. The Balaban J connectivity index is 1.89. The summed E-state index contributed by atoms with van der Waals surface area (Å²) in [5.74, 6) is 0. The number of aliphatic hydroxyl groups is 1. The quantitative estimate of drug-likeness (QED) is 0.794. The van der Waals surface area contributed by atoms with Crippen molar-refractivity contribution >= 4 is 11.3 Å². The Labute approximate surface area is 88.2 Å². The largest absolute Gasteiger partial charge is 0.391 e. The molecule has 1 aliphatic rings. The SMILES string of the molecule is OCc1cnc(CC2CCCCN2)s1. The predicted molar refractivity (Wildman–Crippen MR) is 57.4 cm³/mol. The van der Waals surface area contributed by atoms with Crippen LogP contribution in [0, 0.1) is 0 Å². The number of hydrogen-bond acceptors (Lipinski definition) is 4. The first kappa shape index (κ1) is 10.1. The van der Waals surface area contributed by atoms with Crippen molar-refractivity contribution < 1.29 is 5.11 Å². The lowest BCUT2D eigenvalue weighted by Gasteiger charge is -2.22. The average Bonchev–Trinajstić information content (AvgIpc) is 2.67. The van der Waals surface area contributed by atoms with Crippen LogP contribution in [0.2, 0.25) is 0 Å². The fraction of sp³-hybridized carbons (Fsp3) is 0.700. The van der Waals surface area contributed by atoms with Gasteiger partial charge in [-0.1, -0.05) is 6.42 Å². The topological polar surface area (TPSA) is 45.2 Å². The van der Waals surface area contributed by atoms with Gasteiger partial charge in [-0.25, -0.2) is 4.98 Å². The van der Waals surface area contributed by atoms with Gasteiger partial charge in [0.2, 0.25) is 0 Å². The fourth-order valence-corrected chi connectivity index (χ4v) is 2.69. The van der Waals surface area contributed by atoms with Crippen molar-refractivity contribution in [1.82, 2.24) is 10.3 Å². The number of rotatable bonds is 3. The van der Waals surface area contributed by atoms with Gasteiger partial charge in [0.15, 0.2) is 0 Å². The molecule has 1 fully saturated rings. The molecule has 2 rings (SSSR count). The van der Waals surface area contributed by atoms with Crippen molar-refractivity contribution in [2.45, 2.75) is 38.3 Å². The van der Waals surface area contributed by atoms with Crippen LogP contribution in [-0.2, 0) is 13.0 Å². The van der Waals surface area contributed by atoms with Gasteiger partial charge >= 0.3 is 0 Å². The van der Waals surface area contributed by atoms with Crippen LogP contribution in [0.1, 0.15) is 29.1 Å². The second kappa shape index (κ2) is 4.87. The zero-order valence-corrected chi connectivity index (χ0v) is 9.02. The smallest absolute Gasteiger partial charge is 0.0944 e. The predicted octanol–water partition coefficient (Wildman–Crippen LogP) is 1.32. The van der Waals surface area contributed by atoms with Crippen molar-refractivity contribution in [3.8, 4) is 0 Å². The molecular weight excluding hydrogens is 196 g/mol. The Morgan fingerprint density at radius 3 is 3.14 bits per heavy atom. The molecule has 0 saturated carbocycles. The van der Waals surface area contributed by atoms with Crippen molar-refractivity contribution in [2.75, 3.05) is 6.54 Å². The number of hydrogen-bond donors (Lipinski definition) is 2. The minimum Gasteiger partial charge on any atom is -0.391 e. The van der Waals surface area contributed by atoms with Gasteiger partial charge < -0.3 is 10.4 Å². The standard InChI is InChI=1S/C10H16N2OS/c13-7-9-6-12-10(14-9)5-8-3-1-2-4-11-8/h6,8,11,13H,1-5,7H2. The summed E-state index contributed by atoms with van der Waals surface area (Å²) in [4.78, 5) is 5.27. The lowest BCUT2D eigenvalue weighted by Crippen LogP contribution is -2.35. The van der Waals surface area contributed by atoms with E-state index in [-0.39, 0.29) is 6.61 Å². The van der Waals surface area contributed by atoms with Crippen LogP contribution in [-0.4, -0.2) is 22.7 Å². The molecule has 0 bridgehead atoms. The zero-order valence-electron chi connectivity index (χ0n) is 8.20. The van der Waals surface area contributed by atoms with Gasteiger partial charge in [0.25, 0.3) is 0 Å². The highest BCUT2D eigenvalue weighted by Crippen LogP contribution is 2.17. The highest BCUT2D eigenvalue weighted by Gasteiger charge is 2.14. The Morgan fingerprint density at radius 2 is 2.50 bits per heavy atom. The van der Waals surface area contributed by atoms with Crippen LogP contribution in [0.3, 0.4) is 0 Å². The van der Waals surface area contributed by atoms with Crippen LogP contribution in [0.25, 0.3) is 0 Å². The van der Waals surface area contributed by atoms with Crippen molar-refractivity contribution in [1.29, 1.82) is 0 Å². The van der Waals surface area contributed by atoms with Crippen LogP contribution in [0.5, 0.6) is 0 Å². The summed E-state index contributed by atoms with van der Waals surface area (Å²) in [5.41, 5.74) is 0. The number of aromatic nitrogens is 1.